The number of nitrogens with one attached hydrogen (secondary N) is 2. The summed E-state index contributed by atoms with van der Waals surface area (Å²) in [7, 11) is 0. The van der Waals surface area contributed by atoms with E-state index in [1.807, 2.05) is 42.8 Å². The smallest absolute Gasteiger partial charge is 0.228 e. The van der Waals surface area contributed by atoms with Crippen molar-refractivity contribution in [3.63, 3.8) is 0 Å². The van der Waals surface area contributed by atoms with Gasteiger partial charge in [0, 0.05) is 48.9 Å². The average molecular weight is 460 g/mol. The van der Waals surface area contributed by atoms with Gasteiger partial charge in [-0.05, 0) is 43.5 Å². The molecule has 2 atom stereocenters. The monoisotopic (exact) mass is 459 g/mol. The van der Waals surface area contributed by atoms with Gasteiger partial charge < -0.3 is 20.5 Å². The number of fused-ring (bicyclic) bond motifs is 1. The summed E-state index contributed by atoms with van der Waals surface area (Å²) in [4.78, 5) is 9.14. The number of aromatic nitrogens is 4. The van der Waals surface area contributed by atoms with Gasteiger partial charge in [-0.3, -0.25) is 0 Å². The molecule has 1 saturated heterocycles. The highest BCUT2D eigenvalue weighted by atomic mass is 16.5. The summed E-state index contributed by atoms with van der Waals surface area (Å²) in [5.41, 5.74) is 4.25. The third kappa shape index (κ3) is 4.22. The van der Waals surface area contributed by atoms with Crippen LogP contribution in [0.1, 0.15) is 36.6 Å². The molecule has 0 bridgehead atoms. The van der Waals surface area contributed by atoms with Gasteiger partial charge in [0.1, 0.15) is 11.9 Å². The fourth-order valence-electron chi connectivity index (χ4n) is 4.74. The van der Waals surface area contributed by atoms with Crippen LogP contribution < -0.4 is 10.6 Å². The Morgan fingerprint density at radius 3 is 3.03 bits per heavy atom. The largest absolute Gasteiger partial charge is 0.395 e. The predicted molar refractivity (Wildman–Crippen MR) is 129 cm³/mol. The minimum atomic E-state index is -0.447. The second kappa shape index (κ2) is 9.05. The number of ether oxygens (including phenoxy) is 1. The number of aliphatic hydroxyl groups excluding tert-OH is 1. The van der Waals surface area contributed by atoms with Crippen molar-refractivity contribution in [1.82, 2.24) is 19.7 Å². The number of hydrogen-bond donors (Lipinski definition) is 3. The lowest BCUT2D eigenvalue weighted by atomic mass is 9.83. The minimum absolute atomic E-state index is 0.00667. The number of nitriles is 1. The van der Waals surface area contributed by atoms with Crippen molar-refractivity contribution in [3.05, 3.63) is 47.3 Å². The molecule has 3 N–H and O–H groups in total. The Morgan fingerprint density at radius 2 is 2.26 bits per heavy atom. The fourth-order valence-corrected chi connectivity index (χ4v) is 4.74. The molecule has 3 aromatic rings. The summed E-state index contributed by atoms with van der Waals surface area (Å²) in [6.45, 7) is 6.91. The summed E-state index contributed by atoms with van der Waals surface area (Å²) < 4.78 is 7.59. The molecule has 2 aromatic heterocycles. The van der Waals surface area contributed by atoms with Crippen LogP contribution in [0, 0.1) is 24.2 Å². The first-order valence-electron chi connectivity index (χ1n) is 11.6. The molecular weight excluding hydrogens is 430 g/mol. The van der Waals surface area contributed by atoms with Gasteiger partial charge in [-0.25, -0.2) is 14.6 Å². The normalized spacial score (nSPS) is 21.5. The number of aliphatic hydroxyl groups is 1. The Morgan fingerprint density at radius 1 is 1.38 bits per heavy atom. The molecule has 9 heteroatoms. The van der Waals surface area contributed by atoms with Crippen molar-refractivity contribution in [1.29, 1.82) is 5.26 Å². The van der Waals surface area contributed by atoms with Crippen molar-refractivity contribution in [3.8, 4) is 17.3 Å². The van der Waals surface area contributed by atoms with Crippen LogP contribution in [0.4, 0.5) is 17.5 Å². The Bertz CT molecular complexity index is 1240. The molecule has 0 saturated carbocycles. The number of rotatable bonds is 6. The second-order valence-corrected chi connectivity index (χ2v) is 9.46. The average Bonchev–Trinajstić information content (AvgIpc) is 3.38. The molecule has 1 unspecified atom stereocenters. The standard InChI is InChI=1S/C25H29N7O2/c1-16-8-22(32(31-16)12-17-4-3-7-34-13-17)30-24-27-6-5-21(29-24)18-9-19(11-26)23-20(10-18)25(2,15-33)14-28-23/h5-6,8-10,17,28,33H,3-4,7,12-15H2,1-2H3,(H,27,29,30)/t17?,25-/m1/s1. The van der Waals surface area contributed by atoms with Crippen molar-refractivity contribution < 1.29 is 9.84 Å². The molecular formula is C25H29N7O2. The van der Waals surface area contributed by atoms with E-state index in [0.717, 1.165) is 60.9 Å². The third-order valence-electron chi connectivity index (χ3n) is 6.69. The van der Waals surface area contributed by atoms with E-state index >= 15 is 0 Å². The molecule has 2 aliphatic rings. The van der Waals surface area contributed by atoms with E-state index < -0.39 is 5.41 Å². The Balaban J connectivity index is 1.44. The Hall–Kier alpha value is -3.48. The maximum absolute atomic E-state index is 9.98. The topological polar surface area (TPSA) is 121 Å². The van der Waals surface area contributed by atoms with Crippen molar-refractivity contribution in [2.24, 2.45) is 5.92 Å². The lowest BCUT2D eigenvalue weighted by Gasteiger charge is -2.22. The van der Waals surface area contributed by atoms with Crippen LogP contribution in [-0.2, 0) is 16.7 Å². The van der Waals surface area contributed by atoms with Crippen LogP contribution in [-0.4, -0.2) is 51.2 Å². The SMILES string of the molecule is Cc1cc(Nc2nccc(-c3cc(C#N)c4c(c3)[C@@](C)(CO)CN4)n2)n(CC2CCCOC2)n1. The molecule has 176 valence electrons. The first kappa shape index (κ1) is 22.3. The molecule has 0 amide bonds. The van der Waals surface area contributed by atoms with Crippen molar-refractivity contribution in [2.75, 3.05) is 37.0 Å². The van der Waals surface area contributed by atoms with E-state index in [0.29, 0.717) is 29.7 Å². The maximum Gasteiger partial charge on any atom is 0.228 e. The molecule has 4 heterocycles. The fraction of sp³-hybridized carbons (Fsp3) is 0.440. The van der Waals surface area contributed by atoms with Crippen LogP contribution >= 0.6 is 0 Å². The first-order valence-corrected chi connectivity index (χ1v) is 11.6. The highest BCUT2D eigenvalue weighted by Gasteiger charge is 2.36. The second-order valence-electron chi connectivity index (χ2n) is 9.46. The molecule has 2 aliphatic heterocycles. The number of hydrogen-bond acceptors (Lipinski definition) is 8. The van der Waals surface area contributed by atoms with Gasteiger partial charge in [-0.1, -0.05) is 6.92 Å². The van der Waals surface area contributed by atoms with Gasteiger partial charge in [-0.2, -0.15) is 10.4 Å². The zero-order valence-corrected chi connectivity index (χ0v) is 19.5. The van der Waals surface area contributed by atoms with Crippen LogP contribution in [0.5, 0.6) is 0 Å². The third-order valence-corrected chi connectivity index (χ3v) is 6.69. The number of benzene rings is 1. The lowest BCUT2D eigenvalue weighted by Crippen LogP contribution is -2.28. The minimum Gasteiger partial charge on any atom is -0.395 e. The van der Waals surface area contributed by atoms with Gasteiger partial charge in [0.15, 0.2) is 0 Å². The van der Waals surface area contributed by atoms with Crippen LogP contribution in [0.25, 0.3) is 11.3 Å². The van der Waals surface area contributed by atoms with Crippen LogP contribution in [0.15, 0.2) is 30.5 Å². The van der Waals surface area contributed by atoms with E-state index in [1.54, 1.807) is 6.20 Å². The Labute approximate surface area is 198 Å². The van der Waals surface area contributed by atoms with Crippen molar-refractivity contribution >= 4 is 17.5 Å². The van der Waals surface area contributed by atoms with E-state index in [1.165, 1.54) is 0 Å². The van der Waals surface area contributed by atoms with E-state index in [9.17, 15) is 10.4 Å². The summed E-state index contributed by atoms with van der Waals surface area (Å²) in [5, 5.41) is 30.9. The van der Waals surface area contributed by atoms with E-state index in [-0.39, 0.29) is 6.61 Å². The zero-order chi connectivity index (χ0) is 23.7. The molecule has 34 heavy (non-hydrogen) atoms. The van der Waals surface area contributed by atoms with Gasteiger partial charge >= 0.3 is 0 Å². The highest BCUT2D eigenvalue weighted by molar-refractivity contribution is 5.76. The molecule has 0 spiro atoms. The van der Waals surface area contributed by atoms with Gasteiger partial charge in [-0.15, -0.1) is 0 Å². The molecule has 5 rings (SSSR count). The summed E-state index contributed by atoms with van der Waals surface area (Å²) in [6, 6.07) is 9.93. The number of anilines is 3. The van der Waals surface area contributed by atoms with Gasteiger partial charge in [0.2, 0.25) is 5.95 Å². The molecule has 0 radical (unpaired) electrons. The summed E-state index contributed by atoms with van der Waals surface area (Å²) in [5.74, 6) is 1.73. The number of aryl methyl sites for hydroxylation is 1. The van der Waals surface area contributed by atoms with Crippen LogP contribution in [0.2, 0.25) is 0 Å². The molecule has 1 aromatic carbocycles. The summed E-state index contributed by atoms with van der Waals surface area (Å²) in [6.07, 6.45) is 3.91. The van der Waals surface area contributed by atoms with E-state index in [4.69, 9.17) is 9.72 Å². The quantitative estimate of drug-likeness (QED) is 0.513. The first-order chi connectivity index (χ1) is 16.5. The molecule has 9 nitrogen and oxygen atoms in total. The molecule has 1 fully saturated rings. The van der Waals surface area contributed by atoms with Crippen molar-refractivity contribution in [2.45, 2.75) is 38.6 Å². The Kier molecular flexibility index (Phi) is 5.94. The summed E-state index contributed by atoms with van der Waals surface area (Å²) >= 11 is 0. The van der Waals surface area contributed by atoms with E-state index in [2.05, 4.69) is 26.8 Å². The highest BCUT2D eigenvalue weighted by Crippen LogP contribution is 2.41. The van der Waals surface area contributed by atoms with Gasteiger partial charge in [0.05, 0.1) is 35.9 Å². The van der Waals surface area contributed by atoms with Gasteiger partial charge in [0.25, 0.3) is 0 Å². The maximum atomic E-state index is 9.98. The van der Waals surface area contributed by atoms with Crippen LogP contribution in [0.3, 0.4) is 0 Å². The predicted octanol–water partition coefficient (Wildman–Crippen LogP) is 3.37. The zero-order valence-electron chi connectivity index (χ0n) is 19.5. The number of nitrogens with zero attached hydrogens (tertiary/aromatic N) is 5. The molecule has 0 aliphatic carbocycles. The lowest BCUT2D eigenvalue weighted by molar-refractivity contribution is 0.0472.